The lowest BCUT2D eigenvalue weighted by molar-refractivity contribution is -0.115. The summed E-state index contributed by atoms with van der Waals surface area (Å²) in [5.74, 6) is -0.138. The van der Waals surface area contributed by atoms with Crippen molar-refractivity contribution in [3.8, 4) is 11.3 Å². The number of amides is 1. The number of benzene rings is 2. The number of aromatic nitrogens is 2. The van der Waals surface area contributed by atoms with Gasteiger partial charge in [-0.3, -0.25) is 9.59 Å². The Balaban J connectivity index is 1.76. The lowest BCUT2D eigenvalue weighted by atomic mass is 10.1. The molecule has 1 amide bonds. The third-order valence-corrected chi connectivity index (χ3v) is 5.29. The predicted molar refractivity (Wildman–Crippen MR) is 110 cm³/mol. The van der Waals surface area contributed by atoms with Gasteiger partial charge in [0.05, 0.1) is 10.9 Å². The molecule has 0 radical (unpaired) electrons. The van der Waals surface area contributed by atoms with E-state index in [9.17, 15) is 9.59 Å². The normalized spacial score (nSPS) is 11.8. The molecule has 0 bridgehead atoms. The van der Waals surface area contributed by atoms with Crippen LogP contribution in [-0.2, 0) is 4.79 Å². The Bertz CT molecular complexity index is 1020. The van der Waals surface area contributed by atoms with Crippen LogP contribution in [0.1, 0.15) is 18.1 Å². The molecule has 5 nitrogen and oxygen atoms in total. The summed E-state index contributed by atoms with van der Waals surface area (Å²) in [5.41, 5.74) is 4.16. The first kappa shape index (κ1) is 18.9. The van der Waals surface area contributed by atoms with Crippen LogP contribution in [0, 0.1) is 13.8 Å². The number of thioether (sulfide) groups is 1. The zero-order valence-electron chi connectivity index (χ0n) is 15.4. The number of carbonyl (C=O) groups excluding carboxylic acids is 1. The molecule has 0 fully saturated rings. The third-order valence-electron chi connectivity index (χ3n) is 4.31. The maximum absolute atomic E-state index is 12.6. The van der Waals surface area contributed by atoms with Crippen LogP contribution in [0.2, 0.25) is 0 Å². The van der Waals surface area contributed by atoms with Crippen molar-refractivity contribution in [2.24, 2.45) is 0 Å². The molecule has 1 aromatic heterocycles. The smallest absolute Gasteiger partial charge is 0.252 e. The summed E-state index contributed by atoms with van der Waals surface area (Å²) >= 11 is 1.23. The van der Waals surface area contributed by atoms with Crippen molar-refractivity contribution >= 4 is 23.4 Å². The van der Waals surface area contributed by atoms with Crippen LogP contribution in [0.3, 0.4) is 0 Å². The van der Waals surface area contributed by atoms with Crippen LogP contribution in [0.5, 0.6) is 0 Å². The zero-order valence-corrected chi connectivity index (χ0v) is 16.3. The summed E-state index contributed by atoms with van der Waals surface area (Å²) < 4.78 is 0. The molecule has 0 aliphatic heterocycles. The lowest BCUT2D eigenvalue weighted by Crippen LogP contribution is -2.23. The predicted octanol–water partition coefficient (Wildman–Crippen LogP) is 4.17. The molecule has 0 aliphatic carbocycles. The number of hydrogen-bond donors (Lipinski definition) is 2. The summed E-state index contributed by atoms with van der Waals surface area (Å²) in [6.07, 6.45) is 0. The second-order valence-corrected chi connectivity index (χ2v) is 7.63. The van der Waals surface area contributed by atoms with Crippen LogP contribution in [0.4, 0.5) is 5.69 Å². The fourth-order valence-corrected chi connectivity index (χ4v) is 3.40. The Morgan fingerprint density at radius 3 is 2.59 bits per heavy atom. The fourth-order valence-electron chi connectivity index (χ4n) is 2.59. The molecule has 0 saturated carbocycles. The van der Waals surface area contributed by atoms with Gasteiger partial charge in [0.2, 0.25) is 5.91 Å². The number of H-pyrrole nitrogens is 1. The van der Waals surface area contributed by atoms with E-state index >= 15 is 0 Å². The van der Waals surface area contributed by atoms with Crippen molar-refractivity contribution in [1.29, 1.82) is 0 Å². The number of nitrogens with zero attached hydrogens (tertiary/aromatic N) is 1. The van der Waals surface area contributed by atoms with Gasteiger partial charge in [0.25, 0.3) is 5.56 Å². The number of nitrogens with one attached hydrogen (secondary N) is 2. The largest absolute Gasteiger partial charge is 0.325 e. The Morgan fingerprint density at radius 1 is 1.11 bits per heavy atom. The molecule has 0 spiro atoms. The highest BCUT2D eigenvalue weighted by Crippen LogP contribution is 2.24. The second-order valence-electron chi connectivity index (χ2n) is 6.30. The first-order valence-electron chi connectivity index (χ1n) is 8.64. The minimum absolute atomic E-state index is 0.138. The summed E-state index contributed by atoms with van der Waals surface area (Å²) in [6.45, 7) is 5.78. The molecule has 2 aromatic carbocycles. The quantitative estimate of drug-likeness (QED) is 0.515. The number of rotatable bonds is 5. The number of carbonyl (C=O) groups is 1. The van der Waals surface area contributed by atoms with Gasteiger partial charge in [-0.05, 0) is 38.0 Å². The van der Waals surface area contributed by atoms with E-state index in [0.29, 0.717) is 10.9 Å². The molecule has 1 atom stereocenters. The summed E-state index contributed by atoms with van der Waals surface area (Å²) in [4.78, 5) is 31.8. The van der Waals surface area contributed by atoms with Gasteiger partial charge in [0, 0.05) is 17.3 Å². The first-order chi connectivity index (χ1) is 12.9. The molecule has 1 heterocycles. The Morgan fingerprint density at radius 2 is 1.85 bits per heavy atom. The highest BCUT2D eigenvalue weighted by Gasteiger charge is 2.17. The molecule has 3 rings (SSSR count). The number of anilines is 1. The maximum Gasteiger partial charge on any atom is 0.252 e. The fraction of sp³-hybridized carbons (Fsp3) is 0.190. The van der Waals surface area contributed by atoms with Gasteiger partial charge in [-0.1, -0.05) is 54.2 Å². The standard InChI is InChI=1S/C21H21N3O2S/c1-13-8-7-11-17(14(13)2)22-20(26)15(3)27-21-23-18(12-19(25)24-21)16-9-5-4-6-10-16/h4-12,15H,1-3H3,(H,22,26)(H,23,24,25)/t15-/m0/s1. The van der Waals surface area contributed by atoms with Crippen molar-refractivity contribution in [2.45, 2.75) is 31.2 Å². The van der Waals surface area contributed by atoms with E-state index in [2.05, 4.69) is 15.3 Å². The van der Waals surface area contributed by atoms with E-state index in [0.717, 1.165) is 22.4 Å². The summed E-state index contributed by atoms with van der Waals surface area (Å²) in [7, 11) is 0. The lowest BCUT2D eigenvalue weighted by Gasteiger charge is -2.14. The second kappa shape index (κ2) is 8.22. The molecule has 0 saturated heterocycles. The van der Waals surface area contributed by atoms with Crippen LogP contribution in [0.15, 0.2) is 64.5 Å². The molecule has 27 heavy (non-hydrogen) atoms. The SMILES string of the molecule is Cc1cccc(NC(=O)[C@H](C)Sc2nc(-c3ccccc3)cc(=O)[nH]2)c1C. The molecule has 3 aromatic rings. The van der Waals surface area contributed by atoms with E-state index in [1.54, 1.807) is 6.92 Å². The van der Waals surface area contributed by atoms with E-state index in [1.165, 1.54) is 17.8 Å². The van der Waals surface area contributed by atoms with Crippen molar-refractivity contribution in [3.05, 3.63) is 76.1 Å². The molecule has 6 heteroatoms. The van der Waals surface area contributed by atoms with Crippen LogP contribution >= 0.6 is 11.8 Å². The monoisotopic (exact) mass is 379 g/mol. The maximum atomic E-state index is 12.6. The molecule has 2 N–H and O–H groups in total. The third kappa shape index (κ3) is 4.65. The average Bonchev–Trinajstić information content (AvgIpc) is 2.65. The number of aromatic amines is 1. The highest BCUT2D eigenvalue weighted by molar-refractivity contribution is 8.00. The molecule has 0 unspecified atom stereocenters. The van der Waals surface area contributed by atoms with Crippen molar-refractivity contribution in [3.63, 3.8) is 0 Å². The van der Waals surface area contributed by atoms with Crippen LogP contribution in [-0.4, -0.2) is 21.1 Å². The van der Waals surface area contributed by atoms with Crippen molar-refractivity contribution in [1.82, 2.24) is 9.97 Å². The number of hydrogen-bond acceptors (Lipinski definition) is 4. The van der Waals surface area contributed by atoms with Gasteiger partial charge in [0.1, 0.15) is 0 Å². The molecule has 0 aliphatic rings. The Kier molecular flexibility index (Phi) is 5.76. The van der Waals surface area contributed by atoms with E-state index in [-0.39, 0.29) is 11.5 Å². The van der Waals surface area contributed by atoms with Gasteiger partial charge in [-0.2, -0.15) is 0 Å². The molecule has 138 valence electrons. The van der Waals surface area contributed by atoms with Gasteiger partial charge < -0.3 is 10.3 Å². The van der Waals surface area contributed by atoms with Crippen LogP contribution in [0.25, 0.3) is 11.3 Å². The Labute approximate surface area is 162 Å². The zero-order chi connectivity index (χ0) is 19.4. The first-order valence-corrected chi connectivity index (χ1v) is 9.52. The van der Waals surface area contributed by atoms with Gasteiger partial charge in [-0.25, -0.2) is 4.98 Å². The Hall–Kier alpha value is -2.86. The van der Waals surface area contributed by atoms with Crippen molar-refractivity contribution in [2.75, 3.05) is 5.32 Å². The van der Waals surface area contributed by atoms with Crippen molar-refractivity contribution < 1.29 is 4.79 Å². The minimum atomic E-state index is -0.418. The number of aryl methyl sites for hydroxylation is 1. The summed E-state index contributed by atoms with van der Waals surface area (Å²) in [5, 5.41) is 2.96. The summed E-state index contributed by atoms with van der Waals surface area (Å²) in [6, 6.07) is 16.8. The van der Waals surface area contributed by atoms with Gasteiger partial charge in [-0.15, -0.1) is 0 Å². The van der Waals surface area contributed by atoms with E-state index in [4.69, 9.17) is 0 Å². The minimum Gasteiger partial charge on any atom is -0.325 e. The van der Waals surface area contributed by atoms with Crippen LogP contribution < -0.4 is 10.9 Å². The highest BCUT2D eigenvalue weighted by atomic mass is 32.2. The topological polar surface area (TPSA) is 74.8 Å². The van der Waals surface area contributed by atoms with E-state index < -0.39 is 5.25 Å². The van der Waals surface area contributed by atoms with E-state index in [1.807, 2.05) is 62.4 Å². The van der Waals surface area contributed by atoms with Gasteiger partial charge in [0.15, 0.2) is 5.16 Å². The molecular formula is C21H21N3O2S. The average molecular weight is 379 g/mol. The van der Waals surface area contributed by atoms with Gasteiger partial charge >= 0.3 is 0 Å². The molecular weight excluding hydrogens is 358 g/mol.